The van der Waals surface area contributed by atoms with Gasteiger partial charge in [0.15, 0.2) is 5.82 Å². The van der Waals surface area contributed by atoms with Gasteiger partial charge in [0, 0.05) is 35.7 Å². The van der Waals surface area contributed by atoms with Crippen molar-refractivity contribution in [1.29, 1.82) is 0 Å². The predicted octanol–water partition coefficient (Wildman–Crippen LogP) is 2.72. The SMILES string of the molecule is OCC1CCN(c2ccc(-c3cccc(Br)c3)nn2)C1. The molecular weight excluding hydrogens is 318 g/mol. The van der Waals surface area contributed by atoms with Crippen LogP contribution in [-0.4, -0.2) is 35.0 Å². The predicted molar refractivity (Wildman–Crippen MR) is 82.6 cm³/mol. The molecule has 1 aromatic heterocycles. The lowest BCUT2D eigenvalue weighted by atomic mass is 10.1. The van der Waals surface area contributed by atoms with Gasteiger partial charge >= 0.3 is 0 Å². The summed E-state index contributed by atoms with van der Waals surface area (Å²) >= 11 is 3.46. The van der Waals surface area contributed by atoms with E-state index in [9.17, 15) is 5.11 Å². The fraction of sp³-hybridized carbons (Fsp3) is 0.333. The molecule has 1 N–H and O–H groups in total. The zero-order valence-electron chi connectivity index (χ0n) is 11.0. The third-order valence-corrected chi connectivity index (χ3v) is 4.13. The van der Waals surface area contributed by atoms with Crippen LogP contribution < -0.4 is 4.90 Å². The minimum Gasteiger partial charge on any atom is -0.396 e. The molecule has 1 fully saturated rings. The third-order valence-electron chi connectivity index (χ3n) is 3.64. The van der Waals surface area contributed by atoms with Crippen LogP contribution in [0.1, 0.15) is 6.42 Å². The van der Waals surface area contributed by atoms with E-state index in [2.05, 4.69) is 31.0 Å². The summed E-state index contributed by atoms with van der Waals surface area (Å²) in [4.78, 5) is 2.18. The molecule has 0 saturated carbocycles. The van der Waals surface area contributed by atoms with Crippen LogP contribution in [0.3, 0.4) is 0 Å². The first-order valence-corrected chi connectivity index (χ1v) is 7.51. The van der Waals surface area contributed by atoms with Crippen molar-refractivity contribution >= 4 is 21.7 Å². The maximum atomic E-state index is 9.18. The minimum atomic E-state index is 0.250. The van der Waals surface area contributed by atoms with Gasteiger partial charge in [0.25, 0.3) is 0 Å². The second-order valence-electron chi connectivity index (χ2n) is 5.07. The van der Waals surface area contributed by atoms with Crippen molar-refractivity contribution in [3.05, 3.63) is 40.9 Å². The van der Waals surface area contributed by atoms with Crippen molar-refractivity contribution in [2.45, 2.75) is 6.42 Å². The summed E-state index contributed by atoms with van der Waals surface area (Å²) in [6.07, 6.45) is 1.02. The number of hydrogen-bond acceptors (Lipinski definition) is 4. The van der Waals surface area contributed by atoms with Crippen molar-refractivity contribution < 1.29 is 5.11 Å². The minimum absolute atomic E-state index is 0.250. The molecule has 1 aromatic carbocycles. The van der Waals surface area contributed by atoms with Crippen molar-refractivity contribution in [3.8, 4) is 11.3 Å². The van der Waals surface area contributed by atoms with Crippen LogP contribution in [0, 0.1) is 5.92 Å². The van der Waals surface area contributed by atoms with Crippen LogP contribution in [0.5, 0.6) is 0 Å². The van der Waals surface area contributed by atoms with E-state index in [0.717, 1.165) is 41.1 Å². The molecule has 1 saturated heterocycles. The molecular formula is C15H16BrN3O. The van der Waals surface area contributed by atoms with Gasteiger partial charge in [-0.2, -0.15) is 0 Å². The quantitative estimate of drug-likeness (QED) is 0.938. The smallest absolute Gasteiger partial charge is 0.151 e. The largest absolute Gasteiger partial charge is 0.396 e. The summed E-state index contributed by atoms with van der Waals surface area (Å²) in [5, 5.41) is 17.8. The van der Waals surface area contributed by atoms with Crippen LogP contribution in [0.2, 0.25) is 0 Å². The van der Waals surface area contributed by atoms with Crippen LogP contribution in [-0.2, 0) is 0 Å². The average molecular weight is 334 g/mol. The Morgan fingerprint density at radius 1 is 1.25 bits per heavy atom. The van der Waals surface area contributed by atoms with E-state index >= 15 is 0 Å². The summed E-state index contributed by atoms with van der Waals surface area (Å²) in [5.74, 6) is 1.25. The number of benzene rings is 1. The molecule has 0 aliphatic carbocycles. The van der Waals surface area contributed by atoms with Gasteiger partial charge < -0.3 is 10.0 Å². The number of aliphatic hydroxyl groups is 1. The van der Waals surface area contributed by atoms with Gasteiger partial charge in [0.05, 0.1) is 5.69 Å². The van der Waals surface area contributed by atoms with Crippen LogP contribution in [0.4, 0.5) is 5.82 Å². The van der Waals surface area contributed by atoms with Crippen LogP contribution >= 0.6 is 15.9 Å². The fourth-order valence-corrected chi connectivity index (χ4v) is 2.88. The van der Waals surface area contributed by atoms with E-state index in [4.69, 9.17) is 0 Å². The highest BCUT2D eigenvalue weighted by atomic mass is 79.9. The Morgan fingerprint density at radius 2 is 2.15 bits per heavy atom. The van der Waals surface area contributed by atoms with Gasteiger partial charge in [-0.1, -0.05) is 28.1 Å². The molecule has 0 radical (unpaired) electrons. The molecule has 0 spiro atoms. The number of aromatic nitrogens is 2. The summed E-state index contributed by atoms with van der Waals surface area (Å²) in [6, 6.07) is 12.0. The Bertz CT molecular complexity index is 588. The van der Waals surface area contributed by atoms with Crippen LogP contribution in [0.15, 0.2) is 40.9 Å². The number of hydrogen-bond donors (Lipinski definition) is 1. The monoisotopic (exact) mass is 333 g/mol. The molecule has 1 aliphatic heterocycles. The lowest BCUT2D eigenvalue weighted by molar-refractivity contribution is 0.238. The summed E-state index contributed by atoms with van der Waals surface area (Å²) < 4.78 is 1.03. The van der Waals surface area contributed by atoms with Crippen molar-refractivity contribution in [1.82, 2.24) is 10.2 Å². The molecule has 20 heavy (non-hydrogen) atoms. The molecule has 2 heterocycles. The molecule has 3 rings (SSSR count). The van der Waals surface area contributed by atoms with Gasteiger partial charge in [0.1, 0.15) is 0 Å². The van der Waals surface area contributed by atoms with E-state index in [-0.39, 0.29) is 6.61 Å². The Morgan fingerprint density at radius 3 is 2.80 bits per heavy atom. The third kappa shape index (κ3) is 2.83. The van der Waals surface area contributed by atoms with Gasteiger partial charge in [-0.25, -0.2) is 0 Å². The van der Waals surface area contributed by atoms with Gasteiger partial charge in [-0.3, -0.25) is 0 Å². The van der Waals surface area contributed by atoms with Crippen LogP contribution in [0.25, 0.3) is 11.3 Å². The standard InChI is InChI=1S/C15H16BrN3O/c16-13-3-1-2-12(8-13)14-4-5-15(18-17-14)19-7-6-11(9-19)10-20/h1-5,8,11,20H,6-7,9-10H2. The topological polar surface area (TPSA) is 49.2 Å². The number of rotatable bonds is 3. The lowest BCUT2D eigenvalue weighted by Crippen LogP contribution is -2.21. The maximum Gasteiger partial charge on any atom is 0.151 e. The highest BCUT2D eigenvalue weighted by Crippen LogP contribution is 2.24. The second-order valence-corrected chi connectivity index (χ2v) is 5.99. The Balaban J connectivity index is 1.78. The molecule has 1 atom stereocenters. The van der Waals surface area contributed by atoms with Gasteiger partial charge in [-0.05, 0) is 30.7 Å². The van der Waals surface area contributed by atoms with E-state index in [1.54, 1.807) is 0 Å². The molecule has 1 aliphatic rings. The molecule has 1 unspecified atom stereocenters. The number of halogens is 1. The van der Waals surface area contributed by atoms with Gasteiger partial charge in [-0.15, -0.1) is 10.2 Å². The molecule has 4 nitrogen and oxygen atoms in total. The second kappa shape index (κ2) is 5.89. The highest BCUT2D eigenvalue weighted by Gasteiger charge is 2.22. The Labute approximate surface area is 126 Å². The van der Waals surface area contributed by atoms with E-state index in [0.29, 0.717) is 5.92 Å². The van der Waals surface area contributed by atoms with E-state index in [1.807, 2.05) is 36.4 Å². The van der Waals surface area contributed by atoms with Crippen molar-refractivity contribution in [3.63, 3.8) is 0 Å². The highest BCUT2D eigenvalue weighted by molar-refractivity contribution is 9.10. The van der Waals surface area contributed by atoms with Gasteiger partial charge in [0.2, 0.25) is 0 Å². The molecule has 5 heteroatoms. The lowest BCUT2D eigenvalue weighted by Gasteiger charge is -2.16. The fourth-order valence-electron chi connectivity index (χ4n) is 2.49. The molecule has 0 bridgehead atoms. The molecule has 2 aromatic rings. The normalized spacial score (nSPS) is 18.5. The molecule has 104 valence electrons. The summed E-state index contributed by atoms with van der Waals surface area (Å²) in [5.41, 5.74) is 1.92. The zero-order chi connectivity index (χ0) is 13.9. The summed E-state index contributed by atoms with van der Waals surface area (Å²) in [7, 11) is 0. The average Bonchev–Trinajstić information content (AvgIpc) is 2.96. The number of anilines is 1. The number of aliphatic hydroxyl groups excluding tert-OH is 1. The first kappa shape index (κ1) is 13.5. The Kier molecular flexibility index (Phi) is 3.98. The zero-order valence-corrected chi connectivity index (χ0v) is 12.6. The first-order valence-electron chi connectivity index (χ1n) is 6.72. The van der Waals surface area contributed by atoms with E-state index < -0.39 is 0 Å². The maximum absolute atomic E-state index is 9.18. The van der Waals surface area contributed by atoms with Crippen molar-refractivity contribution in [2.24, 2.45) is 5.92 Å². The molecule has 0 amide bonds. The Hall–Kier alpha value is -1.46. The number of nitrogens with zero attached hydrogens (tertiary/aromatic N) is 3. The first-order chi connectivity index (χ1) is 9.76. The summed E-state index contributed by atoms with van der Waals surface area (Å²) in [6.45, 7) is 2.05. The van der Waals surface area contributed by atoms with E-state index in [1.165, 1.54) is 0 Å². The van der Waals surface area contributed by atoms with Crippen molar-refractivity contribution in [2.75, 3.05) is 24.6 Å².